The van der Waals surface area contributed by atoms with Gasteiger partial charge < -0.3 is 14.6 Å². The van der Waals surface area contributed by atoms with Crippen LogP contribution in [0.5, 0.6) is 5.75 Å². The van der Waals surface area contributed by atoms with Gasteiger partial charge in [0.25, 0.3) is 5.69 Å². The van der Waals surface area contributed by atoms with Crippen LogP contribution in [-0.4, -0.2) is 31.3 Å². The molecule has 1 heterocycles. The Morgan fingerprint density at radius 1 is 1.26 bits per heavy atom. The van der Waals surface area contributed by atoms with E-state index in [1.54, 1.807) is 23.7 Å². The molecule has 1 N–H and O–H groups in total. The van der Waals surface area contributed by atoms with Crippen LogP contribution in [0.2, 0.25) is 10.0 Å². The lowest BCUT2D eigenvalue weighted by molar-refractivity contribution is -0.384. The van der Waals surface area contributed by atoms with Crippen molar-refractivity contribution in [2.45, 2.75) is 18.7 Å². The van der Waals surface area contributed by atoms with Gasteiger partial charge in [-0.1, -0.05) is 35.0 Å². The van der Waals surface area contributed by atoms with Gasteiger partial charge in [-0.05, 0) is 42.8 Å². The van der Waals surface area contributed by atoms with Gasteiger partial charge >= 0.3 is 0 Å². The molecule has 1 amide bonds. The van der Waals surface area contributed by atoms with Gasteiger partial charge in [-0.2, -0.15) is 0 Å². The highest BCUT2D eigenvalue weighted by molar-refractivity contribution is 7.99. The van der Waals surface area contributed by atoms with E-state index in [1.165, 1.54) is 30.0 Å². The summed E-state index contributed by atoms with van der Waals surface area (Å²) < 4.78 is 7.51. The van der Waals surface area contributed by atoms with Gasteiger partial charge in [-0.25, -0.2) is 0 Å². The number of rotatable bonds is 8. The summed E-state index contributed by atoms with van der Waals surface area (Å²) in [5.41, 5.74) is 0.913. The van der Waals surface area contributed by atoms with Crippen molar-refractivity contribution in [2.24, 2.45) is 7.05 Å². The Morgan fingerprint density at radius 2 is 2.03 bits per heavy atom. The molecule has 31 heavy (non-hydrogen) atoms. The van der Waals surface area contributed by atoms with Crippen LogP contribution in [0, 0.1) is 17.0 Å². The number of amides is 1. The Labute approximate surface area is 191 Å². The summed E-state index contributed by atoms with van der Waals surface area (Å²) >= 11 is 12.9. The number of ether oxygens (including phenoxy) is 1. The van der Waals surface area contributed by atoms with E-state index in [-0.39, 0.29) is 34.7 Å². The molecule has 0 radical (unpaired) electrons. The Bertz CT molecular complexity index is 1140. The fourth-order valence-corrected chi connectivity index (χ4v) is 3.71. The maximum absolute atomic E-state index is 12.2. The predicted octanol–water partition coefficient (Wildman–Crippen LogP) is 4.65. The van der Waals surface area contributed by atoms with Crippen molar-refractivity contribution in [3.63, 3.8) is 0 Å². The standard InChI is InChI=1S/C19H17Cl2N5O4S/c1-11-7-12(20)3-6-16(11)30-9-17-23-24-19(25(17)2)31-10-18(27)22-13-4-5-14(21)15(8-13)26(28)29/h3-8H,9-10H2,1-2H3,(H,22,27). The third-order valence-corrected chi connectivity index (χ3v) is 5.75. The van der Waals surface area contributed by atoms with Crippen molar-refractivity contribution in [1.29, 1.82) is 0 Å². The second-order valence-electron chi connectivity index (χ2n) is 6.42. The molecule has 0 aliphatic heterocycles. The molecule has 1 aromatic heterocycles. The molecule has 0 fully saturated rings. The maximum atomic E-state index is 12.2. The molecule has 162 valence electrons. The minimum atomic E-state index is -0.610. The molecule has 0 unspecified atom stereocenters. The number of carbonyl (C=O) groups is 1. The number of hydrogen-bond donors (Lipinski definition) is 1. The largest absolute Gasteiger partial charge is 0.485 e. The molecule has 0 saturated carbocycles. The normalized spacial score (nSPS) is 10.7. The minimum Gasteiger partial charge on any atom is -0.485 e. The van der Waals surface area contributed by atoms with Crippen LogP contribution >= 0.6 is 35.0 Å². The number of nitro benzene ring substituents is 1. The lowest BCUT2D eigenvalue weighted by Gasteiger charge is -2.09. The summed E-state index contributed by atoms with van der Waals surface area (Å²) in [7, 11) is 1.77. The second kappa shape index (κ2) is 9.99. The third kappa shape index (κ3) is 5.87. The van der Waals surface area contributed by atoms with Crippen LogP contribution < -0.4 is 10.1 Å². The van der Waals surface area contributed by atoms with Crippen molar-refractivity contribution in [2.75, 3.05) is 11.1 Å². The average Bonchev–Trinajstić information content (AvgIpc) is 3.06. The van der Waals surface area contributed by atoms with Crippen LogP contribution in [-0.2, 0) is 18.4 Å². The van der Waals surface area contributed by atoms with Crippen molar-refractivity contribution in [1.82, 2.24) is 14.8 Å². The number of nitrogens with one attached hydrogen (secondary N) is 1. The molecule has 0 bridgehead atoms. The number of benzene rings is 2. The molecule has 0 atom stereocenters. The predicted molar refractivity (Wildman–Crippen MR) is 119 cm³/mol. The fraction of sp³-hybridized carbons (Fsp3) is 0.211. The first-order valence-electron chi connectivity index (χ1n) is 8.88. The van der Waals surface area contributed by atoms with Crippen molar-refractivity contribution in [3.8, 4) is 5.75 Å². The number of nitro groups is 1. The zero-order valence-electron chi connectivity index (χ0n) is 16.5. The number of carbonyl (C=O) groups excluding carboxylic acids is 1. The SMILES string of the molecule is Cc1cc(Cl)ccc1OCc1nnc(SCC(=O)Nc2ccc(Cl)c([N+](=O)[O-])c2)n1C. The van der Waals surface area contributed by atoms with Crippen LogP contribution in [0.1, 0.15) is 11.4 Å². The van der Waals surface area contributed by atoms with Crippen LogP contribution in [0.15, 0.2) is 41.6 Å². The molecule has 3 aromatic rings. The topological polar surface area (TPSA) is 112 Å². The van der Waals surface area contributed by atoms with Gasteiger partial charge in [0.15, 0.2) is 11.0 Å². The Kier molecular flexibility index (Phi) is 7.37. The Balaban J connectivity index is 1.56. The number of nitrogens with zero attached hydrogens (tertiary/aromatic N) is 4. The lowest BCUT2D eigenvalue weighted by atomic mass is 10.2. The number of anilines is 1. The van der Waals surface area contributed by atoms with Gasteiger partial charge in [-0.15, -0.1) is 10.2 Å². The number of hydrogen-bond acceptors (Lipinski definition) is 7. The first-order valence-corrected chi connectivity index (χ1v) is 10.6. The number of halogens is 2. The highest BCUT2D eigenvalue weighted by atomic mass is 35.5. The molecule has 0 aliphatic carbocycles. The average molecular weight is 482 g/mol. The number of aryl methyl sites for hydroxylation is 1. The molecule has 2 aromatic carbocycles. The van der Waals surface area contributed by atoms with E-state index >= 15 is 0 Å². The second-order valence-corrected chi connectivity index (χ2v) is 8.20. The van der Waals surface area contributed by atoms with E-state index in [0.717, 1.165) is 5.56 Å². The van der Waals surface area contributed by atoms with Gasteiger partial charge in [-0.3, -0.25) is 14.9 Å². The summed E-state index contributed by atoms with van der Waals surface area (Å²) in [6, 6.07) is 9.41. The summed E-state index contributed by atoms with van der Waals surface area (Å²) in [6.07, 6.45) is 0. The highest BCUT2D eigenvalue weighted by Crippen LogP contribution is 2.28. The molecule has 9 nitrogen and oxygen atoms in total. The molecule has 12 heteroatoms. The lowest BCUT2D eigenvalue weighted by Crippen LogP contribution is -2.14. The molecule has 0 aliphatic rings. The third-order valence-electron chi connectivity index (χ3n) is 4.18. The maximum Gasteiger partial charge on any atom is 0.289 e. The van der Waals surface area contributed by atoms with E-state index in [1.807, 2.05) is 13.0 Å². The quantitative estimate of drug-likeness (QED) is 0.283. The molecular formula is C19H17Cl2N5O4S. The number of thioether (sulfide) groups is 1. The van der Waals surface area contributed by atoms with Crippen molar-refractivity contribution >= 4 is 52.2 Å². The first-order chi connectivity index (χ1) is 14.7. The van der Waals surface area contributed by atoms with Gasteiger partial charge in [0, 0.05) is 23.8 Å². The zero-order valence-corrected chi connectivity index (χ0v) is 18.8. The number of aromatic nitrogens is 3. The summed E-state index contributed by atoms with van der Waals surface area (Å²) in [5.74, 6) is 0.974. The minimum absolute atomic E-state index is 0.000000964. The fourth-order valence-electron chi connectivity index (χ4n) is 2.57. The van der Waals surface area contributed by atoms with Crippen molar-refractivity contribution < 1.29 is 14.5 Å². The van der Waals surface area contributed by atoms with E-state index < -0.39 is 4.92 Å². The van der Waals surface area contributed by atoms with Crippen LogP contribution in [0.25, 0.3) is 0 Å². The molecule has 0 spiro atoms. The monoisotopic (exact) mass is 481 g/mol. The highest BCUT2D eigenvalue weighted by Gasteiger charge is 2.16. The zero-order chi connectivity index (χ0) is 22.5. The van der Waals surface area contributed by atoms with E-state index in [0.29, 0.717) is 21.8 Å². The van der Waals surface area contributed by atoms with Crippen molar-refractivity contribution in [3.05, 3.63) is 67.9 Å². The van der Waals surface area contributed by atoms with E-state index in [2.05, 4.69) is 15.5 Å². The molecule has 3 rings (SSSR count). The van der Waals surface area contributed by atoms with Crippen LogP contribution in [0.3, 0.4) is 0 Å². The smallest absolute Gasteiger partial charge is 0.289 e. The summed E-state index contributed by atoms with van der Waals surface area (Å²) in [6.45, 7) is 2.10. The van der Waals surface area contributed by atoms with Gasteiger partial charge in [0.1, 0.15) is 17.4 Å². The summed E-state index contributed by atoms with van der Waals surface area (Å²) in [5, 5.41) is 22.9. The Hall–Kier alpha value is -2.82. The summed E-state index contributed by atoms with van der Waals surface area (Å²) in [4.78, 5) is 22.6. The van der Waals surface area contributed by atoms with Gasteiger partial charge in [0.2, 0.25) is 5.91 Å². The van der Waals surface area contributed by atoms with Gasteiger partial charge in [0.05, 0.1) is 10.7 Å². The van der Waals surface area contributed by atoms with E-state index in [9.17, 15) is 14.9 Å². The van der Waals surface area contributed by atoms with E-state index in [4.69, 9.17) is 27.9 Å². The Morgan fingerprint density at radius 3 is 2.74 bits per heavy atom. The molecular weight excluding hydrogens is 465 g/mol. The first kappa shape index (κ1) is 22.9. The molecule has 0 saturated heterocycles. The van der Waals surface area contributed by atoms with Crippen LogP contribution in [0.4, 0.5) is 11.4 Å².